The first-order valence-electron chi connectivity index (χ1n) is 28.1. The van der Waals surface area contributed by atoms with Crippen molar-refractivity contribution >= 4 is 117 Å². The van der Waals surface area contributed by atoms with Crippen molar-refractivity contribution in [1.29, 1.82) is 0 Å². The van der Waals surface area contributed by atoms with Gasteiger partial charge in [0.2, 0.25) is 0 Å². The first-order chi connectivity index (χ1) is 41.1. The molecule has 0 fully saturated rings. The van der Waals surface area contributed by atoms with Gasteiger partial charge in [-0.1, -0.05) is 0 Å². The molecule has 2 atom stereocenters. The Balaban J connectivity index is 0.878. The standard InChI is InChI=1S/C48H24N8.C21H27O6.Ga/c1-2-10-26-18-34-33(17-25(26)9-1)41-49-42(34)54-44-37-21-29-13-5-6-14-30(29)22-38(37)46(51-44)56-48-40-24-32-16-8-7-15-31(32)23-39(40)47(52-48)55-45-36-20-28-12-4-3-11-27(28)19-35(36)43(50-45)53-41;1-21(2,15-3-7-19(8-4-15)26-13-17(24)11-22)16-5-9-20(10-6-16)27-14-18(25)12-23;/h1-24H;3-10,17-18,22,24-25H,11-14H2,1-2H3;/q-2;-1;+3. The summed E-state index contributed by atoms with van der Waals surface area (Å²) in [5.41, 5.74) is 6.45. The van der Waals surface area contributed by atoms with Crippen LogP contribution in [0.3, 0.4) is 0 Å². The van der Waals surface area contributed by atoms with E-state index >= 15 is 0 Å². The van der Waals surface area contributed by atoms with Crippen LogP contribution in [0.2, 0.25) is 0 Å². The normalized spacial score (nSPS) is 14.8. The molecule has 12 aromatic rings. The SMILES string of the molecule is CC(C)(c1ccc(OCC(O)CO)cc1)c1ccc(OCC(O)C[O][Ga]2[n]3c4c5cc6ccccc6cc5c3N=C3N=C(N=c5c6cc7ccccc7cc6c([n]52)=NC2=NC(=N4)c4cc5ccccc5cc42)c2cc4ccccc4cc23)cc1. The van der Waals surface area contributed by atoms with Gasteiger partial charge in [0.25, 0.3) is 0 Å². The molecule has 14 nitrogen and oxygen atoms in total. The van der Waals surface area contributed by atoms with Crippen LogP contribution in [0.5, 0.6) is 11.5 Å². The van der Waals surface area contributed by atoms with Crippen LogP contribution in [-0.2, 0) is 8.94 Å². The average Bonchev–Trinajstić information content (AvgIpc) is 3.79. The van der Waals surface area contributed by atoms with Crippen molar-refractivity contribution in [3.63, 3.8) is 0 Å². The molecule has 406 valence electrons. The van der Waals surface area contributed by atoms with E-state index in [-0.39, 0.29) is 31.8 Å². The van der Waals surface area contributed by atoms with Gasteiger partial charge in [0.15, 0.2) is 0 Å². The summed E-state index contributed by atoms with van der Waals surface area (Å²) in [4.78, 5) is 33.5. The van der Waals surface area contributed by atoms with E-state index in [1.54, 1.807) is 0 Å². The van der Waals surface area contributed by atoms with Gasteiger partial charge in [-0.25, -0.2) is 0 Å². The van der Waals surface area contributed by atoms with E-state index < -0.39 is 29.3 Å². The van der Waals surface area contributed by atoms with Gasteiger partial charge in [-0.3, -0.25) is 0 Å². The Morgan fingerprint density at radius 2 is 0.750 bits per heavy atom. The zero-order valence-corrected chi connectivity index (χ0v) is 48.1. The minimum atomic E-state index is -4.21. The molecule has 84 heavy (non-hydrogen) atoms. The molecule has 3 N–H and O–H groups in total. The van der Waals surface area contributed by atoms with Gasteiger partial charge >= 0.3 is 437 Å². The van der Waals surface area contributed by atoms with E-state index in [1.165, 1.54) is 0 Å². The molecule has 0 radical (unpaired) electrons. The number of hydrogen-bond acceptors (Lipinski definition) is 12. The molecular formula is C69H51GaN8O6. The van der Waals surface area contributed by atoms with E-state index in [0.717, 1.165) is 98.0 Å². The molecule has 6 heterocycles. The predicted octanol–water partition coefficient (Wildman–Crippen LogP) is 11.0. The molecule has 0 amide bonds. The fraction of sp³-hybridized carbons (Fsp3) is 0.130. The number of benzene rings is 10. The van der Waals surface area contributed by atoms with Gasteiger partial charge in [-0.2, -0.15) is 0 Å². The summed E-state index contributed by atoms with van der Waals surface area (Å²) in [5.74, 6) is 4.55. The summed E-state index contributed by atoms with van der Waals surface area (Å²) < 4.78 is 24.0. The summed E-state index contributed by atoms with van der Waals surface area (Å²) in [6.45, 7) is 3.78. The van der Waals surface area contributed by atoms with Crippen molar-refractivity contribution in [2.45, 2.75) is 31.5 Å². The number of aliphatic hydroxyl groups excluding tert-OH is 3. The van der Waals surface area contributed by atoms with Gasteiger partial charge < -0.3 is 14.9 Å². The minimum absolute atomic E-state index is 0.00529. The Kier molecular flexibility index (Phi) is 11.8. The van der Waals surface area contributed by atoms with E-state index in [1.807, 2.05) is 72.8 Å². The second kappa shape index (κ2) is 19.7. The first-order valence-corrected chi connectivity index (χ1v) is 31.3. The molecule has 0 saturated heterocycles. The van der Waals surface area contributed by atoms with Crippen LogP contribution in [0.4, 0.5) is 11.6 Å². The summed E-state index contributed by atoms with van der Waals surface area (Å²) >= 11 is -4.21. The monoisotopic (exact) mass is 1160 g/mol. The molecular weight excluding hydrogens is 1110 g/mol. The predicted molar refractivity (Wildman–Crippen MR) is 332 cm³/mol. The van der Waals surface area contributed by atoms with Gasteiger partial charge in [-0.05, 0) is 12.1 Å². The molecule has 16 rings (SSSR count). The van der Waals surface area contributed by atoms with Crippen molar-refractivity contribution in [3.8, 4) is 11.5 Å². The third kappa shape index (κ3) is 8.33. The number of fused-ring (bicyclic) bond motifs is 18. The third-order valence-electron chi connectivity index (χ3n) is 16.8. The van der Waals surface area contributed by atoms with E-state index in [4.69, 9.17) is 43.0 Å². The number of aliphatic imine (C=N–C) groups is 4. The number of aliphatic hydroxyl groups is 3. The fourth-order valence-corrected chi connectivity index (χ4v) is 17.6. The zero-order valence-electron chi connectivity index (χ0n) is 45.7. The topological polar surface area (TPSA) is 172 Å². The quantitative estimate of drug-likeness (QED) is 0.103. The van der Waals surface area contributed by atoms with Crippen LogP contribution in [0.15, 0.2) is 224 Å². The Morgan fingerprint density at radius 3 is 1.13 bits per heavy atom. The summed E-state index contributed by atoms with van der Waals surface area (Å²) in [6, 6.07) is 66.5. The van der Waals surface area contributed by atoms with Gasteiger partial charge in [0.1, 0.15) is 18.5 Å². The molecule has 4 aliphatic rings. The number of rotatable bonds is 12. The molecule has 6 bridgehead atoms. The van der Waals surface area contributed by atoms with Gasteiger partial charge in [0, 0.05) is 0 Å². The Labute approximate surface area is 486 Å². The summed E-state index contributed by atoms with van der Waals surface area (Å²) in [6.07, 6.45) is -2.02. The summed E-state index contributed by atoms with van der Waals surface area (Å²) in [7, 11) is 0. The zero-order chi connectivity index (χ0) is 56.4. The number of ether oxygens (including phenoxy) is 2. The second-order valence-electron chi connectivity index (χ2n) is 22.4. The Hall–Kier alpha value is -9.32. The average molecular weight is 1160 g/mol. The van der Waals surface area contributed by atoms with E-state index in [0.29, 0.717) is 57.5 Å². The summed E-state index contributed by atoms with van der Waals surface area (Å²) in [5, 5.41) is 43.1. The van der Waals surface area contributed by atoms with Crippen molar-refractivity contribution in [2.24, 2.45) is 30.0 Å². The van der Waals surface area contributed by atoms with Gasteiger partial charge in [0.05, 0.1) is 6.61 Å². The van der Waals surface area contributed by atoms with Crippen LogP contribution >= 0.6 is 0 Å². The number of amidine groups is 4. The maximum atomic E-state index is 12.2. The molecule has 15 heteroatoms. The number of nitrogens with zero attached hydrogens (tertiary/aromatic N) is 8. The molecule has 2 unspecified atom stereocenters. The second-order valence-corrected chi connectivity index (χ2v) is 26.7. The van der Waals surface area contributed by atoms with Crippen LogP contribution in [0.1, 0.15) is 47.2 Å². The van der Waals surface area contributed by atoms with E-state index in [2.05, 4.69) is 142 Å². The molecule has 4 aliphatic heterocycles. The maximum absolute atomic E-state index is 12.2. The number of aromatic nitrogens is 2. The van der Waals surface area contributed by atoms with Crippen molar-refractivity contribution in [2.75, 3.05) is 26.4 Å². The molecule has 0 spiro atoms. The molecule has 2 aromatic heterocycles. The van der Waals surface area contributed by atoms with Crippen LogP contribution in [-0.4, -0.2) is 101 Å². The van der Waals surface area contributed by atoms with Crippen LogP contribution < -0.4 is 20.4 Å². The van der Waals surface area contributed by atoms with Crippen molar-refractivity contribution in [1.82, 2.24) is 6.55 Å². The molecule has 0 aliphatic carbocycles. The van der Waals surface area contributed by atoms with E-state index in [9.17, 15) is 15.3 Å². The van der Waals surface area contributed by atoms with Crippen LogP contribution in [0, 0.1) is 0 Å². The first kappa shape index (κ1) is 50.4. The molecule has 0 saturated carbocycles. The number of hydrogen-bond donors (Lipinski definition) is 3. The van der Waals surface area contributed by atoms with Crippen LogP contribution in [0.25, 0.3) is 64.6 Å². The third-order valence-corrected chi connectivity index (χ3v) is 21.7. The Bertz CT molecular complexity index is 4800. The van der Waals surface area contributed by atoms with Crippen molar-refractivity contribution in [3.05, 3.63) is 238 Å². The fourth-order valence-electron chi connectivity index (χ4n) is 12.3. The Morgan fingerprint density at radius 1 is 0.405 bits per heavy atom. The van der Waals surface area contributed by atoms with Gasteiger partial charge in [-0.15, -0.1) is 0 Å². The van der Waals surface area contributed by atoms with Crippen molar-refractivity contribution < 1.29 is 28.3 Å². The molecule has 10 aromatic carbocycles.